The van der Waals surface area contributed by atoms with Crippen molar-refractivity contribution in [2.75, 3.05) is 6.67 Å². The number of fused-ring (bicyclic) bond motifs is 3. The Labute approximate surface area is 151 Å². The van der Waals surface area contributed by atoms with Crippen molar-refractivity contribution >= 4 is 11.6 Å². The number of carbonyl (C=O) groups excluding carboxylic acids is 1. The molecule has 1 aromatic rings. The fraction of sp³-hybridized carbons (Fsp3) is 0.526. The van der Waals surface area contributed by atoms with E-state index in [2.05, 4.69) is 32.7 Å². The van der Waals surface area contributed by atoms with Gasteiger partial charge >= 0.3 is 0 Å². The molecule has 2 atom stereocenters. The van der Waals surface area contributed by atoms with E-state index in [-0.39, 0.29) is 23.9 Å². The van der Waals surface area contributed by atoms with Crippen LogP contribution in [0.25, 0.3) is 5.70 Å². The molecule has 0 saturated heterocycles. The van der Waals surface area contributed by atoms with Gasteiger partial charge in [0.2, 0.25) is 0 Å². The highest BCUT2D eigenvalue weighted by Gasteiger charge is 2.39. The van der Waals surface area contributed by atoms with Gasteiger partial charge in [-0.05, 0) is 43.6 Å². The van der Waals surface area contributed by atoms with Gasteiger partial charge in [-0.25, -0.2) is 0 Å². The number of nitrogens with one attached hydrogen (secondary N) is 1. The number of carbonyl (C=O) groups is 1. The average molecular weight is 354 g/mol. The molecule has 1 fully saturated rings. The summed E-state index contributed by atoms with van der Waals surface area (Å²) in [6.07, 6.45) is 5.45. The largest absolute Gasteiger partial charge is 0.372 e. The quantitative estimate of drug-likeness (QED) is 0.817. The van der Waals surface area contributed by atoms with Crippen LogP contribution in [0.4, 0.5) is 0 Å². The Morgan fingerprint density at radius 1 is 1.19 bits per heavy atom. The molecular weight excluding hydrogens is 332 g/mol. The summed E-state index contributed by atoms with van der Waals surface area (Å²) in [5, 5.41) is 9.29. The van der Waals surface area contributed by atoms with E-state index >= 15 is 0 Å². The predicted molar refractivity (Wildman–Crippen MR) is 97.5 cm³/mol. The summed E-state index contributed by atoms with van der Waals surface area (Å²) in [5.41, 5.74) is 3.66. The van der Waals surface area contributed by atoms with Gasteiger partial charge in [-0.15, -0.1) is 4.91 Å². The zero-order valence-electron chi connectivity index (χ0n) is 14.5. The summed E-state index contributed by atoms with van der Waals surface area (Å²) in [4.78, 5) is 35.8. The third-order valence-corrected chi connectivity index (χ3v) is 6.14. The Morgan fingerprint density at radius 2 is 1.96 bits per heavy atom. The first kappa shape index (κ1) is 16.9. The number of rotatable bonds is 5. The number of hydrogen-bond acceptors (Lipinski definition) is 6. The Morgan fingerprint density at radius 3 is 2.69 bits per heavy atom. The Kier molecular flexibility index (Phi) is 4.53. The molecule has 26 heavy (non-hydrogen) atoms. The van der Waals surface area contributed by atoms with Crippen molar-refractivity contribution in [3.05, 3.63) is 51.4 Å². The number of nitroso groups, excluding NO2 is 2. The molecule has 2 unspecified atom stereocenters. The lowest BCUT2D eigenvalue weighted by molar-refractivity contribution is -0.122. The van der Waals surface area contributed by atoms with E-state index in [0.29, 0.717) is 19.3 Å². The number of nitrogens with zero attached hydrogens (tertiary/aromatic N) is 3. The molecule has 3 aliphatic rings. The summed E-state index contributed by atoms with van der Waals surface area (Å²) >= 11 is 0. The minimum atomic E-state index is -0.554. The van der Waals surface area contributed by atoms with Gasteiger partial charge in [-0.1, -0.05) is 29.4 Å². The molecule has 1 saturated carbocycles. The molecule has 7 nitrogen and oxygen atoms in total. The molecular formula is C19H22N4O3. The van der Waals surface area contributed by atoms with Crippen LogP contribution in [0.2, 0.25) is 0 Å². The van der Waals surface area contributed by atoms with Crippen LogP contribution in [0.15, 0.2) is 40.8 Å². The van der Waals surface area contributed by atoms with Crippen LogP contribution in [0.1, 0.15) is 49.3 Å². The smallest absolute Gasteiger partial charge is 0.289 e. The lowest BCUT2D eigenvalue weighted by Crippen LogP contribution is -2.31. The van der Waals surface area contributed by atoms with E-state index in [1.54, 1.807) is 0 Å². The topological polar surface area (TPSA) is 91.2 Å². The Hall–Kier alpha value is -2.57. The van der Waals surface area contributed by atoms with Gasteiger partial charge in [0.15, 0.2) is 0 Å². The highest BCUT2D eigenvalue weighted by molar-refractivity contribution is 5.79. The van der Waals surface area contributed by atoms with Gasteiger partial charge in [0.1, 0.15) is 0 Å². The molecule has 0 bridgehead atoms. The zero-order chi connectivity index (χ0) is 18.1. The van der Waals surface area contributed by atoms with Gasteiger partial charge in [0, 0.05) is 22.9 Å². The van der Waals surface area contributed by atoms with Crippen molar-refractivity contribution in [2.45, 2.75) is 44.2 Å². The molecule has 0 aromatic heterocycles. The highest BCUT2D eigenvalue weighted by Crippen LogP contribution is 2.46. The van der Waals surface area contributed by atoms with E-state index in [0.717, 1.165) is 19.5 Å². The summed E-state index contributed by atoms with van der Waals surface area (Å²) < 4.78 is 0. The van der Waals surface area contributed by atoms with Crippen LogP contribution >= 0.6 is 0 Å². The maximum atomic E-state index is 11.6. The summed E-state index contributed by atoms with van der Waals surface area (Å²) in [6, 6.07) is 8.18. The molecule has 0 spiro atoms. The monoisotopic (exact) mass is 354 g/mol. The fourth-order valence-electron chi connectivity index (χ4n) is 4.74. The van der Waals surface area contributed by atoms with Crippen molar-refractivity contribution < 1.29 is 4.79 Å². The lowest BCUT2D eigenvalue weighted by atomic mass is 9.76. The minimum absolute atomic E-state index is 0.145. The van der Waals surface area contributed by atoms with Crippen LogP contribution in [0.5, 0.6) is 0 Å². The van der Waals surface area contributed by atoms with Crippen molar-refractivity contribution in [2.24, 2.45) is 22.2 Å². The van der Waals surface area contributed by atoms with E-state index in [4.69, 9.17) is 0 Å². The molecule has 1 amide bonds. The Balaban J connectivity index is 1.48. The first-order valence-corrected chi connectivity index (χ1v) is 9.22. The van der Waals surface area contributed by atoms with Gasteiger partial charge < -0.3 is 10.2 Å². The van der Waals surface area contributed by atoms with Gasteiger partial charge in [-0.2, -0.15) is 4.91 Å². The molecule has 7 heteroatoms. The zero-order valence-corrected chi connectivity index (χ0v) is 14.5. The molecule has 2 heterocycles. The summed E-state index contributed by atoms with van der Waals surface area (Å²) in [7, 11) is 0. The van der Waals surface area contributed by atoms with Crippen LogP contribution in [-0.4, -0.2) is 23.5 Å². The minimum Gasteiger partial charge on any atom is -0.372 e. The van der Waals surface area contributed by atoms with E-state index in [1.165, 1.54) is 16.8 Å². The molecule has 1 N–H and O–H groups in total. The third-order valence-electron chi connectivity index (χ3n) is 6.14. The summed E-state index contributed by atoms with van der Waals surface area (Å²) in [5.74, 6) is -0.666. The molecule has 4 rings (SSSR count). The maximum Gasteiger partial charge on any atom is 0.289 e. The fourth-order valence-corrected chi connectivity index (χ4v) is 4.74. The normalized spacial score (nSPS) is 27.8. The number of amides is 1. The van der Waals surface area contributed by atoms with Gasteiger partial charge in [0.05, 0.1) is 24.4 Å². The molecule has 2 aliphatic heterocycles. The first-order valence-electron chi connectivity index (χ1n) is 9.22. The van der Waals surface area contributed by atoms with Gasteiger partial charge in [-0.3, -0.25) is 4.79 Å². The molecule has 1 aromatic carbocycles. The van der Waals surface area contributed by atoms with Crippen molar-refractivity contribution in [3.8, 4) is 0 Å². The first-order chi connectivity index (χ1) is 12.7. The van der Waals surface area contributed by atoms with Crippen LogP contribution in [-0.2, 0) is 4.79 Å². The number of benzene rings is 1. The van der Waals surface area contributed by atoms with E-state index in [1.807, 2.05) is 18.3 Å². The van der Waals surface area contributed by atoms with E-state index in [9.17, 15) is 14.6 Å². The second-order valence-electron chi connectivity index (χ2n) is 7.41. The van der Waals surface area contributed by atoms with Crippen molar-refractivity contribution in [1.82, 2.24) is 10.2 Å². The van der Waals surface area contributed by atoms with E-state index < -0.39 is 5.91 Å². The van der Waals surface area contributed by atoms with Crippen LogP contribution in [0, 0.1) is 21.6 Å². The average Bonchev–Trinajstić information content (AvgIpc) is 3.27. The molecule has 0 radical (unpaired) electrons. The van der Waals surface area contributed by atoms with Crippen LogP contribution < -0.4 is 5.32 Å². The lowest BCUT2D eigenvalue weighted by Gasteiger charge is -2.32. The molecule has 1 aliphatic carbocycles. The van der Waals surface area contributed by atoms with Crippen LogP contribution in [0.3, 0.4) is 0 Å². The standard InChI is InChI=1S/C19H22N4O3/c24-19(22-26)13-7-5-12(6-8-13)16(21-25)9-17-14-3-1-2-4-15(14)18-10-20-11-23(17)18/h1-4,10,12-13,16-17,20H,5-9,11H2. The SMILES string of the molecule is O=NC(=O)C1CCC(C(CC2c3ccccc3C3=CNCN32)N=O)CC1. The van der Waals surface area contributed by atoms with Gasteiger partial charge in [0.25, 0.3) is 5.91 Å². The Bertz CT molecular complexity index is 755. The summed E-state index contributed by atoms with van der Waals surface area (Å²) in [6.45, 7) is 0.743. The maximum absolute atomic E-state index is 11.6. The number of hydrogen-bond donors (Lipinski definition) is 1. The molecule has 136 valence electrons. The highest BCUT2D eigenvalue weighted by atomic mass is 16.3. The van der Waals surface area contributed by atoms with Crippen molar-refractivity contribution in [3.63, 3.8) is 0 Å². The third kappa shape index (κ3) is 2.81. The second-order valence-corrected chi connectivity index (χ2v) is 7.41. The van der Waals surface area contributed by atoms with Crippen molar-refractivity contribution in [1.29, 1.82) is 0 Å². The predicted octanol–water partition coefficient (Wildman–Crippen LogP) is 3.53. The second kappa shape index (κ2) is 6.97.